The molecule has 0 amide bonds. The zero-order chi connectivity index (χ0) is 14.4. The van der Waals surface area contributed by atoms with Crippen LogP contribution in [0.3, 0.4) is 0 Å². The topological polar surface area (TPSA) is 28.2 Å². The molecule has 0 aliphatic rings. The molecule has 108 valence electrons. The van der Waals surface area contributed by atoms with Crippen LogP contribution in [0.2, 0.25) is 5.02 Å². The van der Waals surface area contributed by atoms with Crippen molar-refractivity contribution >= 4 is 17.4 Å². The van der Waals surface area contributed by atoms with Gasteiger partial charge in [0.2, 0.25) is 0 Å². The van der Waals surface area contributed by atoms with Gasteiger partial charge in [0.1, 0.15) is 5.82 Å². The van der Waals surface area contributed by atoms with E-state index < -0.39 is 6.43 Å². The van der Waals surface area contributed by atoms with Gasteiger partial charge < -0.3 is 10.2 Å². The first-order valence-corrected chi connectivity index (χ1v) is 6.62. The molecule has 0 saturated carbocycles. The molecule has 0 unspecified atom stereocenters. The van der Waals surface area contributed by atoms with Crippen molar-refractivity contribution in [2.75, 3.05) is 25.0 Å². The molecule has 1 aromatic rings. The number of nitrogens with zero attached hydrogens (tertiary/aromatic N) is 2. The van der Waals surface area contributed by atoms with Gasteiger partial charge in [-0.3, -0.25) is 0 Å². The Morgan fingerprint density at radius 2 is 2.11 bits per heavy atom. The van der Waals surface area contributed by atoms with E-state index >= 15 is 0 Å². The standard InChI is InChI=1S/C13H20ClF2N3/c1-9(2)5-17-6-10-4-13(18-7-11(10)14)19(3)8-12(15)16/h4,7,9,12,17H,5-6,8H2,1-3H3. The van der Waals surface area contributed by atoms with Crippen molar-refractivity contribution in [3.05, 3.63) is 22.8 Å². The van der Waals surface area contributed by atoms with Gasteiger partial charge in [-0.25, -0.2) is 13.8 Å². The van der Waals surface area contributed by atoms with Gasteiger partial charge in [-0.15, -0.1) is 0 Å². The minimum absolute atomic E-state index is 0.340. The Balaban J connectivity index is 2.70. The van der Waals surface area contributed by atoms with Crippen LogP contribution in [0.4, 0.5) is 14.6 Å². The SMILES string of the molecule is CC(C)CNCc1cc(N(C)CC(F)F)ncc1Cl. The van der Waals surface area contributed by atoms with Crippen LogP contribution in [0.25, 0.3) is 0 Å². The lowest BCUT2D eigenvalue weighted by atomic mass is 10.2. The molecule has 0 saturated heterocycles. The Labute approximate surface area is 118 Å². The van der Waals surface area contributed by atoms with Gasteiger partial charge in [0.25, 0.3) is 6.43 Å². The van der Waals surface area contributed by atoms with Gasteiger partial charge in [0.15, 0.2) is 0 Å². The highest BCUT2D eigenvalue weighted by Gasteiger charge is 2.11. The molecule has 3 nitrogen and oxygen atoms in total. The molecule has 0 aliphatic carbocycles. The number of hydrogen-bond donors (Lipinski definition) is 1. The third-order valence-electron chi connectivity index (χ3n) is 2.59. The van der Waals surface area contributed by atoms with Crippen molar-refractivity contribution in [3.63, 3.8) is 0 Å². The van der Waals surface area contributed by atoms with E-state index in [0.717, 1.165) is 12.1 Å². The highest BCUT2D eigenvalue weighted by molar-refractivity contribution is 6.31. The number of halogens is 3. The van der Waals surface area contributed by atoms with Crippen molar-refractivity contribution < 1.29 is 8.78 Å². The van der Waals surface area contributed by atoms with Crippen LogP contribution in [0.5, 0.6) is 0 Å². The summed E-state index contributed by atoms with van der Waals surface area (Å²) < 4.78 is 24.7. The second-order valence-electron chi connectivity index (χ2n) is 4.93. The fraction of sp³-hybridized carbons (Fsp3) is 0.615. The van der Waals surface area contributed by atoms with Crippen LogP contribution in [-0.4, -0.2) is 31.5 Å². The maximum absolute atomic E-state index is 12.3. The summed E-state index contributed by atoms with van der Waals surface area (Å²) in [4.78, 5) is 5.49. The summed E-state index contributed by atoms with van der Waals surface area (Å²) in [6.45, 7) is 5.37. The first kappa shape index (κ1) is 16.1. The third-order valence-corrected chi connectivity index (χ3v) is 2.93. The Morgan fingerprint density at radius 3 is 2.68 bits per heavy atom. The number of hydrogen-bond acceptors (Lipinski definition) is 3. The van der Waals surface area contributed by atoms with Crippen LogP contribution in [0, 0.1) is 5.92 Å². The van der Waals surface area contributed by atoms with Crippen molar-refractivity contribution in [2.24, 2.45) is 5.92 Å². The van der Waals surface area contributed by atoms with Gasteiger partial charge in [-0.1, -0.05) is 25.4 Å². The first-order valence-electron chi connectivity index (χ1n) is 6.24. The molecular formula is C13H20ClF2N3. The molecule has 1 aromatic heterocycles. The van der Waals surface area contributed by atoms with E-state index in [1.54, 1.807) is 13.1 Å². The molecule has 0 aliphatic heterocycles. The van der Waals surface area contributed by atoms with Gasteiger partial charge >= 0.3 is 0 Å². The Morgan fingerprint density at radius 1 is 1.42 bits per heavy atom. The van der Waals surface area contributed by atoms with Crippen LogP contribution >= 0.6 is 11.6 Å². The van der Waals surface area contributed by atoms with Gasteiger partial charge in [-0.05, 0) is 24.1 Å². The van der Waals surface area contributed by atoms with Crippen molar-refractivity contribution in [3.8, 4) is 0 Å². The number of anilines is 1. The van der Waals surface area contributed by atoms with E-state index in [4.69, 9.17) is 11.6 Å². The molecule has 0 spiro atoms. The lowest BCUT2D eigenvalue weighted by Gasteiger charge is -2.19. The predicted molar refractivity (Wildman–Crippen MR) is 75.1 cm³/mol. The van der Waals surface area contributed by atoms with E-state index in [-0.39, 0.29) is 6.54 Å². The second-order valence-corrected chi connectivity index (χ2v) is 5.34. The zero-order valence-corrected chi connectivity index (χ0v) is 12.2. The van der Waals surface area contributed by atoms with Gasteiger partial charge in [0.05, 0.1) is 11.6 Å². The molecule has 1 heterocycles. The average molecular weight is 292 g/mol. The molecule has 1 N–H and O–H groups in total. The van der Waals surface area contributed by atoms with E-state index in [1.165, 1.54) is 11.1 Å². The number of rotatable bonds is 7. The molecule has 0 bridgehead atoms. The van der Waals surface area contributed by atoms with Crippen molar-refractivity contribution in [1.82, 2.24) is 10.3 Å². The molecule has 19 heavy (non-hydrogen) atoms. The van der Waals surface area contributed by atoms with Gasteiger partial charge in [-0.2, -0.15) is 0 Å². The largest absolute Gasteiger partial charge is 0.354 e. The Bertz CT molecular complexity index is 399. The quantitative estimate of drug-likeness (QED) is 0.836. The minimum Gasteiger partial charge on any atom is -0.354 e. The number of pyridine rings is 1. The fourth-order valence-corrected chi connectivity index (χ4v) is 1.78. The summed E-state index contributed by atoms with van der Waals surface area (Å²) in [7, 11) is 1.59. The summed E-state index contributed by atoms with van der Waals surface area (Å²) in [6.07, 6.45) is -0.879. The average Bonchev–Trinajstić information content (AvgIpc) is 2.30. The Hall–Kier alpha value is -0.940. The van der Waals surface area contributed by atoms with Crippen LogP contribution in [0.15, 0.2) is 12.3 Å². The van der Waals surface area contributed by atoms with Crippen LogP contribution in [0.1, 0.15) is 19.4 Å². The lowest BCUT2D eigenvalue weighted by Crippen LogP contribution is -2.25. The molecule has 0 fully saturated rings. The summed E-state index contributed by atoms with van der Waals surface area (Å²) >= 11 is 6.05. The smallest absolute Gasteiger partial charge is 0.255 e. The number of aromatic nitrogens is 1. The molecular weight excluding hydrogens is 272 g/mol. The minimum atomic E-state index is -2.38. The molecule has 0 radical (unpaired) electrons. The number of alkyl halides is 2. The van der Waals surface area contributed by atoms with E-state index in [9.17, 15) is 8.78 Å². The maximum Gasteiger partial charge on any atom is 0.255 e. The Kier molecular flexibility index (Phi) is 6.45. The summed E-state index contributed by atoms with van der Waals surface area (Å²) in [5, 5.41) is 3.82. The third kappa shape index (κ3) is 5.70. The van der Waals surface area contributed by atoms with E-state index in [0.29, 0.717) is 23.3 Å². The normalized spacial score (nSPS) is 11.4. The van der Waals surface area contributed by atoms with Crippen LogP contribution < -0.4 is 10.2 Å². The molecule has 6 heteroatoms. The number of nitrogens with one attached hydrogen (secondary N) is 1. The highest BCUT2D eigenvalue weighted by Crippen LogP contribution is 2.20. The maximum atomic E-state index is 12.3. The summed E-state index contributed by atoms with van der Waals surface area (Å²) in [5.74, 6) is 1.05. The molecule has 1 rings (SSSR count). The predicted octanol–water partition coefficient (Wildman–Crippen LogP) is 3.18. The molecule has 0 atom stereocenters. The summed E-state index contributed by atoms with van der Waals surface area (Å²) in [6, 6.07) is 1.75. The van der Waals surface area contributed by atoms with Crippen molar-refractivity contribution in [2.45, 2.75) is 26.8 Å². The highest BCUT2D eigenvalue weighted by atomic mass is 35.5. The fourth-order valence-electron chi connectivity index (χ4n) is 1.61. The first-order chi connectivity index (χ1) is 8.90. The lowest BCUT2D eigenvalue weighted by molar-refractivity contribution is 0.156. The van der Waals surface area contributed by atoms with E-state index in [2.05, 4.69) is 24.1 Å². The van der Waals surface area contributed by atoms with Gasteiger partial charge in [0, 0.05) is 19.8 Å². The van der Waals surface area contributed by atoms with E-state index in [1.807, 2.05) is 0 Å². The van der Waals surface area contributed by atoms with Crippen LogP contribution in [-0.2, 0) is 6.54 Å². The monoisotopic (exact) mass is 291 g/mol. The second kappa shape index (κ2) is 7.60. The summed E-state index contributed by atoms with van der Waals surface area (Å²) in [5.41, 5.74) is 0.869. The van der Waals surface area contributed by atoms with Crippen molar-refractivity contribution in [1.29, 1.82) is 0 Å². The zero-order valence-electron chi connectivity index (χ0n) is 11.5. The molecule has 0 aromatic carbocycles.